The Morgan fingerprint density at radius 3 is 2.83 bits per heavy atom. The molecule has 5 heteroatoms. The first kappa shape index (κ1) is 11.2. The predicted molar refractivity (Wildman–Crippen MR) is 75.3 cm³/mol. The smallest absolute Gasteiger partial charge is 0.182 e. The number of nitrogens with zero attached hydrogens (tertiary/aromatic N) is 3. The van der Waals surface area contributed by atoms with E-state index in [0.717, 1.165) is 26.9 Å². The van der Waals surface area contributed by atoms with E-state index in [-0.39, 0.29) is 0 Å². The third-order valence-corrected chi connectivity index (χ3v) is 3.30. The second-order valence-electron chi connectivity index (χ2n) is 4.16. The fourth-order valence-corrected chi connectivity index (χ4v) is 2.09. The highest BCUT2D eigenvalue weighted by Crippen LogP contribution is 2.22. The van der Waals surface area contributed by atoms with Crippen LogP contribution in [0.3, 0.4) is 0 Å². The van der Waals surface area contributed by atoms with E-state index in [1.165, 1.54) is 0 Å². The summed E-state index contributed by atoms with van der Waals surface area (Å²) in [6, 6.07) is 9.72. The van der Waals surface area contributed by atoms with Crippen LogP contribution in [0.2, 0.25) is 0 Å². The highest BCUT2D eigenvalue weighted by molar-refractivity contribution is 9.10. The van der Waals surface area contributed by atoms with Crippen molar-refractivity contribution >= 4 is 27.3 Å². The molecule has 2 heterocycles. The lowest BCUT2D eigenvalue weighted by Gasteiger charge is -2.00. The van der Waals surface area contributed by atoms with Crippen LogP contribution in [-0.2, 0) is 0 Å². The molecule has 0 aliphatic carbocycles. The number of nitrogens with two attached hydrogens (primary N) is 1. The Labute approximate surface area is 113 Å². The van der Waals surface area contributed by atoms with E-state index in [1.807, 2.05) is 43.5 Å². The minimum absolute atomic E-state index is 0.680. The number of benzene rings is 1. The average molecular weight is 303 g/mol. The summed E-state index contributed by atoms with van der Waals surface area (Å²) in [6.07, 6.45) is 1.88. The van der Waals surface area contributed by atoms with Crippen LogP contribution in [0.1, 0.15) is 5.56 Å². The zero-order chi connectivity index (χ0) is 12.7. The van der Waals surface area contributed by atoms with Gasteiger partial charge in [0, 0.05) is 21.9 Å². The molecular weight excluding hydrogens is 292 g/mol. The maximum atomic E-state index is 5.91. The van der Waals surface area contributed by atoms with Gasteiger partial charge in [-0.15, -0.1) is 5.10 Å². The molecule has 0 unspecified atom stereocenters. The Kier molecular flexibility index (Phi) is 2.56. The average Bonchev–Trinajstić information content (AvgIpc) is 2.75. The number of hydrogen-bond donors (Lipinski definition) is 1. The second-order valence-corrected chi connectivity index (χ2v) is 5.07. The van der Waals surface area contributed by atoms with Gasteiger partial charge < -0.3 is 5.73 Å². The largest absolute Gasteiger partial charge is 0.398 e. The summed E-state index contributed by atoms with van der Waals surface area (Å²) in [6.45, 7) is 1.98. The molecule has 3 aromatic rings. The summed E-state index contributed by atoms with van der Waals surface area (Å²) in [5, 5.41) is 4.43. The molecule has 18 heavy (non-hydrogen) atoms. The third-order valence-electron chi connectivity index (χ3n) is 2.83. The molecule has 0 bridgehead atoms. The number of anilines is 1. The zero-order valence-electron chi connectivity index (χ0n) is 9.76. The van der Waals surface area contributed by atoms with Crippen LogP contribution in [0.4, 0.5) is 5.69 Å². The first-order valence-electron chi connectivity index (χ1n) is 5.52. The fraction of sp³-hybridized carbons (Fsp3) is 0.0769. The molecule has 2 aromatic heterocycles. The van der Waals surface area contributed by atoms with Gasteiger partial charge in [-0.1, -0.05) is 12.1 Å². The van der Waals surface area contributed by atoms with Gasteiger partial charge in [0.05, 0.1) is 0 Å². The molecular formula is C13H11BrN4. The summed E-state index contributed by atoms with van der Waals surface area (Å²) in [4.78, 5) is 4.47. The van der Waals surface area contributed by atoms with Crippen LogP contribution < -0.4 is 5.73 Å². The molecule has 0 radical (unpaired) electrons. The Hall–Kier alpha value is -1.88. The Bertz CT molecular complexity index is 733. The number of fused-ring (bicyclic) bond motifs is 1. The van der Waals surface area contributed by atoms with E-state index in [0.29, 0.717) is 5.82 Å². The number of nitrogen functional groups attached to an aromatic ring is 1. The maximum absolute atomic E-state index is 5.91. The van der Waals surface area contributed by atoms with Gasteiger partial charge >= 0.3 is 0 Å². The predicted octanol–water partition coefficient (Wildman–Crippen LogP) is 3.05. The number of aromatic nitrogens is 3. The molecule has 3 rings (SSSR count). The van der Waals surface area contributed by atoms with Gasteiger partial charge in [-0.25, -0.2) is 9.50 Å². The molecule has 0 fully saturated rings. The van der Waals surface area contributed by atoms with Crippen LogP contribution in [0.5, 0.6) is 0 Å². The first-order valence-corrected chi connectivity index (χ1v) is 6.31. The van der Waals surface area contributed by atoms with E-state index >= 15 is 0 Å². The van der Waals surface area contributed by atoms with Gasteiger partial charge in [-0.2, -0.15) is 0 Å². The van der Waals surface area contributed by atoms with Crippen LogP contribution in [-0.4, -0.2) is 14.6 Å². The van der Waals surface area contributed by atoms with Crippen molar-refractivity contribution in [3.63, 3.8) is 0 Å². The summed E-state index contributed by atoms with van der Waals surface area (Å²) in [5.74, 6) is 0.680. The van der Waals surface area contributed by atoms with Gasteiger partial charge in [0.25, 0.3) is 0 Å². The normalized spacial score (nSPS) is 11.0. The lowest BCUT2D eigenvalue weighted by atomic mass is 10.1. The highest BCUT2D eigenvalue weighted by atomic mass is 79.9. The van der Waals surface area contributed by atoms with Crippen molar-refractivity contribution in [1.29, 1.82) is 0 Å². The zero-order valence-corrected chi connectivity index (χ0v) is 11.3. The number of rotatable bonds is 1. The number of aryl methyl sites for hydroxylation is 1. The van der Waals surface area contributed by atoms with E-state index in [9.17, 15) is 0 Å². The van der Waals surface area contributed by atoms with Gasteiger partial charge in [-0.05, 0) is 46.6 Å². The molecule has 0 saturated carbocycles. The second kappa shape index (κ2) is 4.10. The molecule has 90 valence electrons. The van der Waals surface area contributed by atoms with E-state index in [4.69, 9.17) is 5.73 Å². The molecule has 1 aromatic carbocycles. The number of pyridine rings is 1. The maximum Gasteiger partial charge on any atom is 0.182 e. The Morgan fingerprint density at radius 1 is 1.22 bits per heavy atom. The van der Waals surface area contributed by atoms with Gasteiger partial charge in [0.2, 0.25) is 0 Å². The van der Waals surface area contributed by atoms with E-state index in [1.54, 1.807) is 4.52 Å². The van der Waals surface area contributed by atoms with Crippen LogP contribution >= 0.6 is 15.9 Å². The number of hydrogen-bond acceptors (Lipinski definition) is 3. The van der Waals surface area contributed by atoms with Crippen LogP contribution in [0.25, 0.3) is 17.0 Å². The van der Waals surface area contributed by atoms with Crippen molar-refractivity contribution in [2.24, 2.45) is 0 Å². The number of halogens is 1. The fourth-order valence-electron chi connectivity index (χ4n) is 1.76. The summed E-state index contributed by atoms with van der Waals surface area (Å²) >= 11 is 3.41. The lowest BCUT2D eigenvalue weighted by Crippen LogP contribution is -1.91. The van der Waals surface area contributed by atoms with Crippen molar-refractivity contribution in [3.8, 4) is 11.4 Å². The van der Waals surface area contributed by atoms with Crippen LogP contribution in [0.15, 0.2) is 41.0 Å². The molecule has 2 N–H and O–H groups in total. The van der Waals surface area contributed by atoms with Crippen molar-refractivity contribution in [2.75, 3.05) is 5.73 Å². The van der Waals surface area contributed by atoms with Crippen molar-refractivity contribution in [2.45, 2.75) is 6.92 Å². The minimum Gasteiger partial charge on any atom is -0.398 e. The van der Waals surface area contributed by atoms with Gasteiger partial charge in [0.1, 0.15) is 0 Å². The Balaban J connectivity index is 2.16. The Morgan fingerprint density at radius 2 is 2.06 bits per heavy atom. The first-order chi connectivity index (χ1) is 8.63. The van der Waals surface area contributed by atoms with Crippen molar-refractivity contribution in [3.05, 3.63) is 46.6 Å². The molecule has 0 spiro atoms. The molecule has 0 aliphatic rings. The highest BCUT2D eigenvalue weighted by Gasteiger charge is 2.07. The molecule has 0 amide bonds. The van der Waals surface area contributed by atoms with Crippen LogP contribution in [0, 0.1) is 6.92 Å². The summed E-state index contributed by atoms with van der Waals surface area (Å²) in [7, 11) is 0. The van der Waals surface area contributed by atoms with Crippen molar-refractivity contribution < 1.29 is 0 Å². The monoisotopic (exact) mass is 302 g/mol. The molecule has 0 saturated heterocycles. The van der Waals surface area contributed by atoms with E-state index in [2.05, 4.69) is 26.0 Å². The van der Waals surface area contributed by atoms with Gasteiger partial charge in [0.15, 0.2) is 11.5 Å². The molecule has 0 aliphatic heterocycles. The molecule has 4 nitrogen and oxygen atoms in total. The van der Waals surface area contributed by atoms with E-state index < -0.39 is 0 Å². The van der Waals surface area contributed by atoms with Gasteiger partial charge in [-0.3, -0.25) is 0 Å². The SMILES string of the molecule is Cc1ccc(-c2nc3ccc(Br)cn3n2)cc1N. The lowest BCUT2D eigenvalue weighted by molar-refractivity contribution is 0.961. The summed E-state index contributed by atoms with van der Waals surface area (Å²) < 4.78 is 2.71. The quantitative estimate of drug-likeness (QED) is 0.703. The standard InChI is InChI=1S/C13H11BrN4/c1-8-2-3-9(6-11(8)15)13-16-12-5-4-10(14)7-18(12)17-13/h2-7H,15H2,1H3. The summed E-state index contributed by atoms with van der Waals surface area (Å²) in [5.41, 5.74) is 9.46. The third kappa shape index (κ3) is 1.86. The topological polar surface area (TPSA) is 56.2 Å². The van der Waals surface area contributed by atoms with Crippen molar-refractivity contribution in [1.82, 2.24) is 14.6 Å². The molecule has 0 atom stereocenters. The minimum atomic E-state index is 0.680.